The summed E-state index contributed by atoms with van der Waals surface area (Å²) >= 11 is 0. The van der Waals surface area contributed by atoms with Crippen molar-refractivity contribution in [2.24, 2.45) is 0 Å². The van der Waals surface area contributed by atoms with E-state index >= 15 is 0 Å². The van der Waals surface area contributed by atoms with Crippen LogP contribution in [-0.2, 0) is 18.0 Å². The summed E-state index contributed by atoms with van der Waals surface area (Å²) < 4.78 is 24.0. The molecule has 0 atom stereocenters. The second-order valence-corrected chi connectivity index (χ2v) is 4.60. The Morgan fingerprint density at radius 2 is 1.81 bits per heavy atom. The maximum Gasteiger partial charge on any atom is 0.491 e. The summed E-state index contributed by atoms with van der Waals surface area (Å²) in [5.74, 6) is 0.0100. The zero-order chi connectivity index (χ0) is 15.2. The van der Waals surface area contributed by atoms with Crippen molar-refractivity contribution in [3.63, 3.8) is 0 Å². The van der Waals surface area contributed by atoms with Gasteiger partial charge in [0.25, 0.3) is 0 Å². The predicted molar refractivity (Wildman–Crippen MR) is 77.7 cm³/mol. The van der Waals surface area contributed by atoms with Crippen LogP contribution in [-0.4, -0.2) is 24.3 Å². The third kappa shape index (κ3) is 4.29. The highest BCUT2D eigenvalue weighted by Gasteiger charge is 2.16. The molecule has 0 amide bonds. The molecule has 2 N–H and O–H groups in total. The van der Waals surface area contributed by atoms with Crippen molar-refractivity contribution in [2.75, 3.05) is 7.11 Å². The van der Waals surface area contributed by atoms with Gasteiger partial charge in [-0.15, -0.1) is 0 Å². The summed E-state index contributed by atoms with van der Waals surface area (Å²) in [6.45, 7) is 0.699. The fourth-order valence-corrected chi connectivity index (χ4v) is 1.94. The number of methoxy groups -OCH3 is 1. The molecule has 2 aromatic carbocycles. The van der Waals surface area contributed by atoms with Crippen LogP contribution in [0.4, 0.5) is 4.39 Å². The highest BCUT2D eigenvalue weighted by atomic mass is 19.1. The molecule has 0 unspecified atom stereocenters. The third-order valence-corrected chi connectivity index (χ3v) is 2.95. The van der Waals surface area contributed by atoms with Gasteiger partial charge in [0.1, 0.15) is 18.2 Å². The van der Waals surface area contributed by atoms with Crippen LogP contribution < -0.4 is 10.2 Å². The Morgan fingerprint density at radius 1 is 1.05 bits per heavy atom. The van der Waals surface area contributed by atoms with Gasteiger partial charge in [0, 0.05) is 12.6 Å². The normalized spacial score (nSPS) is 10.5. The Balaban J connectivity index is 2.06. The number of halogens is 1. The summed E-state index contributed by atoms with van der Waals surface area (Å²) in [5, 5.41) is 18.1. The lowest BCUT2D eigenvalue weighted by Gasteiger charge is -2.09. The summed E-state index contributed by atoms with van der Waals surface area (Å²) in [4.78, 5) is 0. The van der Waals surface area contributed by atoms with Crippen molar-refractivity contribution in [1.82, 2.24) is 0 Å². The van der Waals surface area contributed by atoms with Crippen molar-refractivity contribution < 1.29 is 23.9 Å². The lowest BCUT2D eigenvalue weighted by molar-refractivity contribution is 0.184. The first-order valence-corrected chi connectivity index (χ1v) is 6.45. The third-order valence-electron chi connectivity index (χ3n) is 2.95. The first kappa shape index (κ1) is 15.5. The van der Waals surface area contributed by atoms with Crippen LogP contribution in [0.1, 0.15) is 11.1 Å². The quantitative estimate of drug-likeness (QED) is 0.786. The van der Waals surface area contributed by atoms with E-state index in [0.29, 0.717) is 17.9 Å². The van der Waals surface area contributed by atoms with E-state index in [0.717, 1.165) is 5.56 Å². The Bertz CT molecular complexity index is 604. The molecule has 0 heterocycles. The van der Waals surface area contributed by atoms with Gasteiger partial charge < -0.3 is 19.5 Å². The molecule has 0 saturated carbocycles. The van der Waals surface area contributed by atoms with Gasteiger partial charge in [-0.25, -0.2) is 4.39 Å². The van der Waals surface area contributed by atoms with E-state index in [4.69, 9.17) is 19.5 Å². The van der Waals surface area contributed by atoms with Gasteiger partial charge in [0.2, 0.25) is 0 Å². The van der Waals surface area contributed by atoms with E-state index in [1.807, 2.05) is 24.3 Å². The Morgan fingerprint density at radius 3 is 2.52 bits per heavy atom. The van der Waals surface area contributed by atoms with Crippen molar-refractivity contribution >= 4 is 12.6 Å². The maximum absolute atomic E-state index is 13.3. The minimum absolute atomic E-state index is 0.163. The molecule has 0 spiro atoms. The van der Waals surface area contributed by atoms with Crippen LogP contribution in [0.15, 0.2) is 42.5 Å². The molecule has 2 aromatic rings. The number of rotatable bonds is 6. The summed E-state index contributed by atoms with van der Waals surface area (Å²) in [7, 11) is -0.219. The molecule has 0 aliphatic heterocycles. The molecule has 0 radical (unpaired) electrons. The zero-order valence-corrected chi connectivity index (χ0v) is 11.6. The van der Waals surface area contributed by atoms with Gasteiger partial charge in [0.05, 0.1) is 6.61 Å². The molecule has 4 nitrogen and oxygen atoms in total. The van der Waals surface area contributed by atoms with Crippen molar-refractivity contribution in [2.45, 2.75) is 13.2 Å². The molecule has 0 saturated heterocycles. The standard InChI is InChI=1S/C15H16BFO4/c1-20-9-11-3-2-4-13(7-11)21-10-12-5-6-15(17)14(8-12)16(18)19/h2-8,18-19H,9-10H2,1H3. The molecule has 110 valence electrons. The molecule has 2 rings (SSSR count). The Labute approximate surface area is 122 Å². The van der Waals surface area contributed by atoms with Crippen molar-refractivity contribution in [3.8, 4) is 5.75 Å². The minimum atomic E-state index is -1.84. The monoisotopic (exact) mass is 290 g/mol. The molecule has 0 aliphatic rings. The SMILES string of the molecule is COCc1cccc(OCc2ccc(F)c(B(O)O)c2)c1. The fraction of sp³-hybridized carbons (Fsp3) is 0.200. The minimum Gasteiger partial charge on any atom is -0.489 e. The van der Waals surface area contributed by atoms with Crippen LogP contribution in [0.5, 0.6) is 5.75 Å². The Hall–Kier alpha value is -1.89. The average Bonchev–Trinajstić information content (AvgIpc) is 2.47. The van der Waals surface area contributed by atoms with E-state index in [-0.39, 0.29) is 12.1 Å². The van der Waals surface area contributed by atoms with E-state index in [1.165, 1.54) is 12.1 Å². The smallest absolute Gasteiger partial charge is 0.489 e. The van der Waals surface area contributed by atoms with Crippen LogP contribution in [0.25, 0.3) is 0 Å². The zero-order valence-electron chi connectivity index (χ0n) is 11.6. The lowest BCUT2D eigenvalue weighted by atomic mass is 9.79. The van der Waals surface area contributed by atoms with Crippen LogP contribution >= 0.6 is 0 Å². The second kappa shape index (κ2) is 7.22. The fourth-order valence-electron chi connectivity index (χ4n) is 1.94. The first-order chi connectivity index (χ1) is 10.1. The van der Waals surface area contributed by atoms with E-state index in [1.54, 1.807) is 13.2 Å². The molecular formula is C15H16BFO4. The number of ether oxygens (including phenoxy) is 2. The van der Waals surface area contributed by atoms with Crippen molar-refractivity contribution in [3.05, 3.63) is 59.4 Å². The summed E-state index contributed by atoms with van der Waals surface area (Å²) in [6, 6.07) is 11.6. The van der Waals surface area contributed by atoms with Gasteiger partial charge in [-0.05, 0) is 29.3 Å². The van der Waals surface area contributed by atoms with Gasteiger partial charge >= 0.3 is 7.12 Å². The van der Waals surface area contributed by atoms with Gasteiger partial charge in [-0.3, -0.25) is 0 Å². The lowest BCUT2D eigenvalue weighted by Crippen LogP contribution is -2.33. The largest absolute Gasteiger partial charge is 0.491 e. The van der Waals surface area contributed by atoms with E-state index < -0.39 is 12.9 Å². The summed E-state index contributed by atoms with van der Waals surface area (Å²) in [6.07, 6.45) is 0. The van der Waals surface area contributed by atoms with Crippen LogP contribution in [0, 0.1) is 5.82 Å². The number of hydrogen-bond acceptors (Lipinski definition) is 4. The van der Waals surface area contributed by atoms with Gasteiger partial charge in [-0.1, -0.05) is 24.3 Å². The van der Waals surface area contributed by atoms with Crippen LogP contribution in [0.3, 0.4) is 0 Å². The van der Waals surface area contributed by atoms with Crippen molar-refractivity contribution in [1.29, 1.82) is 0 Å². The molecule has 0 bridgehead atoms. The molecule has 6 heteroatoms. The van der Waals surface area contributed by atoms with Gasteiger partial charge in [-0.2, -0.15) is 0 Å². The van der Waals surface area contributed by atoms with Crippen LogP contribution in [0.2, 0.25) is 0 Å². The Kier molecular flexibility index (Phi) is 5.33. The number of benzene rings is 2. The topological polar surface area (TPSA) is 58.9 Å². The average molecular weight is 290 g/mol. The van der Waals surface area contributed by atoms with E-state index in [9.17, 15) is 4.39 Å². The highest BCUT2D eigenvalue weighted by Crippen LogP contribution is 2.15. The highest BCUT2D eigenvalue weighted by molar-refractivity contribution is 6.58. The number of hydrogen-bond donors (Lipinski definition) is 2. The van der Waals surface area contributed by atoms with Gasteiger partial charge in [0.15, 0.2) is 0 Å². The predicted octanol–water partition coefficient (Wildman–Crippen LogP) is 1.23. The van der Waals surface area contributed by atoms with E-state index in [2.05, 4.69) is 0 Å². The summed E-state index contributed by atoms with van der Waals surface area (Å²) in [5.41, 5.74) is 1.47. The molecule has 0 fully saturated rings. The first-order valence-electron chi connectivity index (χ1n) is 6.45. The maximum atomic E-state index is 13.3. The molecule has 21 heavy (non-hydrogen) atoms. The molecule has 0 aliphatic carbocycles. The molecular weight excluding hydrogens is 274 g/mol. The molecule has 0 aromatic heterocycles. The second-order valence-electron chi connectivity index (χ2n) is 4.60.